The van der Waals surface area contributed by atoms with Crippen molar-refractivity contribution in [2.75, 3.05) is 6.61 Å². The zero-order valence-electron chi connectivity index (χ0n) is 14.2. The molecule has 4 nitrogen and oxygen atoms in total. The lowest BCUT2D eigenvalue weighted by molar-refractivity contribution is -0.141. The first kappa shape index (κ1) is 16.5. The molecule has 1 amide bonds. The third-order valence-electron chi connectivity index (χ3n) is 4.51. The standard InChI is InChI=1S/C18H26N2O2/c1-6-18(5)17(21)20(14(4)16(19-18)22-7-2)13(3)15-11-9-8-10-12-15/h8-14H,6-7H2,1-5H3/t13-,14-,18+/m1/s1. The van der Waals surface area contributed by atoms with E-state index < -0.39 is 5.54 Å². The molecule has 0 aromatic heterocycles. The van der Waals surface area contributed by atoms with Gasteiger partial charge in [-0.15, -0.1) is 0 Å². The van der Waals surface area contributed by atoms with Gasteiger partial charge in [-0.25, -0.2) is 4.99 Å². The minimum atomic E-state index is -0.736. The van der Waals surface area contributed by atoms with Crippen LogP contribution in [-0.4, -0.2) is 34.9 Å². The van der Waals surface area contributed by atoms with E-state index in [0.717, 1.165) is 5.56 Å². The molecule has 0 fully saturated rings. The molecule has 1 aromatic rings. The Morgan fingerprint density at radius 3 is 2.50 bits per heavy atom. The number of benzene rings is 1. The smallest absolute Gasteiger partial charge is 0.251 e. The van der Waals surface area contributed by atoms with Gasteiger partial charge in [-0.05, 0) is 39.7 Å². The third-order valence-corrected chi connectivity index (χ3v) is 4.51. The number of aliphatic imine (C=N–C) groups is 1. The maximum Gasteiger partial charge on any atom is 0.251 e. The van der Waals surface area contributed by atoms with E-state index in [2.05, 4.69) is 24.0 Å². The fraction of sp³-hybridized carbons (Fsp3) is 0.556. The predicted molar refractivity (Wildman–Crippen MR) is 88.9 cm³/mol. The summed E-state index contributed by atoms with van der Waals surface area (Å²) in [6, 6.07) is 9.94. The van der Waals surface area contributed by atoms with E-state index in [0.29, 0.717) is 18.9 Å². The lowest BCUT2D eigenvalue weighted by atomic mass is 9.92. The highest BCUT2D eigenvalue weighted by atomic mass is 16.5. The van der Waals surface area contributed by atoms with Crippen molar-refractivity contribution in [2.24, 2.45) is 4.99 Å². The molecular weight excluding hydrogens is 276 g/mol. The molecule has 0 radical (unpaired) electrons. The Bertz CT molecular complexity index is 555. The molecule has 1 aliphatic rings. The van der Waals surface area contributed by atoms with Crippen LogP contribution in [0.5, 0.6) is 0 Å². The van der Waals surface area contributed by atoms with Crippen LogP contribution in [-0.2, 0) is 9.53 Å². The maximum atomic E-state index is 13.0. The Balaban J connectivity index is 2.42. The third kappa shape index (κ3) is 2.87. The van der Waals surface area contributed by atoms with Gasteiger partial charge in [-0.2, -0.15) is 0 Å². The minimum Gasteiger partial charge on any atom is -0.480 e. The van der Waals surface area contributed by atoms with Crippen molar-refractivity contribution in [3.8, 4) is 0 Å². The highest BCUT2D eigenvalue weighted by Crippen LogP contribution is 2.33. The second-order valence-electron chi connectivity index (χ2n) is 5.99. The highest BCUT2D eigenvalue weighted by Gasteiger charge is 2.45. The van der Waals surface area contributed by atoms with E-state index in [1.54, 1.807) is 0 Å². The minimum absolute atomic E-state index is 0.0134. The summed E-state index contributed by atoms with van der Waals surface area (Å²) in [5.74, 6) is 0.733. The molecule has 2 rings (SSSR count). The second-order valence-corrected chi connectivity index (χ2v) is 5.99. The van der Waals surface area contributed by atoms with E-state index in [1.165, 1.54) is 0 Å². The number of hydrogen-bond donors (Lipinski definition) is 0. The van der Waals surface area contributed by atoms with Crippen LogP contribution in [0.3, 0.4) is 0 Å². The number of rotatable bonds is 4. The largest absolute Gasteiger partial charge is 0.480 e. The molecule has 0 N–H and O–H groups in total. The van der Waals surface area contributed by atoms with Crippen molar-refractivity contribution in [3.63, 3.8) is 0 Å². The van der Waals surface area contributed by atoms with E-state index in [4.69, 9.17) is 4.74 Å². The summed E-state index contributed by atoms with van der Waals surface area (Å²) >= 11 is 0. The van der Waals surface area contributed by atoms with Gasteiger partial charge in [0.1, 0.15) is 11.6 Å². The molecule has 3 atom stereocenters. The Morgan fingerprint density at radius 1 is 1.32 bits per heavy atom. The summed E-state index contributed by atoms with van der Waals surface area (Å²) in [6.45, 7) is 10.4. The fourth-order valence-corrected chi connectivity index (χ4v) is 2.89. The second kappa shape index (κ2) is 6.51. The lowest BCUT2D eigenvalue weighted by Gasteiger charge is -2.43. The van der Waals surface area contributed by atoms with Crippen molar-refractivity contribution in [1.82, 2.24) is 4.90 Å². The number of hydrogen-bond acceptors (Lipinski definition) is 3. The van der Waals surface area contributed by atoms with Crippen LogP contribution in [0, 0.1) is 0 Å². The van der Waals surface area contributed by atoms with Crippen LogP contribution in [0.15, 0.2) is 35.3 Å². The van der Waals surface area contributed by atoms with Crippen molar-refractivity contribution >= 4 is 11.8 Å². The first-order valence-electron chi connectivity index (χ1n) is 8.04. The average Bonchev–Trinajstić information content (AvgIpc) is 2.53. The molecule has 22 heavy (non-hydrogen) atoms. The summed E-state index contributed by atoms with van der Waals surface area (Å²) in [7, 11) is 0. The molecule has 0 saturated carbocycles. The van der Waals surface area contributed by atoms with Gasteiger partial charge in [0.15, 0.2) is 0 Å². The Labute approximate surface area is 133 Å². The summed E-state index contributed by atoms with van der Waals surface area (Å²) in [5, 5.41) is 0. The molecule has 4 heteroatoms. The van der Waals surface area contributed by atoms with Gasteiger partial charge in [0, 0.05) is 0 Å². The van der Waals surface area contributed by atoms with E-state index >= 15 is 0 Å². The van der Waals surface area contributed by atoms with Gasteiger partial charge in [0.05, 0.1) is 12.6 Å². The zero-order valence-corrected chi connectivity index (χ0v) is 14.2. The number of amides is 1. The Morgan fingerprint density at radius 2 is 1.95 bits per heavy atom. The molecule has 0 spiro atoms. The van der Waals surface area contributed by atoms with Crippen LogP contribution < -0.4 is 0 Å². The predicted octanol–water partition coefficient (Wildman–Crippen LogP) is 3.58. The van der Waals surface area contributed by atoms with Crippen molar-refractivity contribution < 1.29 is 9.53 Å². The molecule has 1 aliphatic heterocycles. The quantitative estimate of drug-likeness (QED) is 0.853. The van der Waals surface area contributed by atoms with Crippen molar-refractivity contribution in [2.45, 2.75) is 58.7 Å². The fourth-order valence-electron chi connectivity index (χ4n) is 2.89. The van der Waals surface area contributed by atoms with Gasteiger partial charge in [-0.3, -0.25) is 4.79 Å². The van der Waals surface area contributed by atoms with Crippen LogP contribution in [0.1, 0.15) is 52.6 Å². The van der Waals surface area contributed by atoms with Crippen LogP contribution in [0.2, 0.25) is 0 Å². The summed E-state index contributed by atoms with van der Waals surface area (Å²) < 4.78 is 5.71. The number of carbonyl (C=O) groups excluding carboxylic acids is 1. The van der Waals surface area contributed by atoms with Gasteiger partial charge in [0.25, 0.3) is 5.91 Å². The topological polar surface area (TPSA) is 41.9 Å². The maximum absolute atomic E-state index is 13.0. The highest BCUT2D eigenvalue weighted by molar-refractivity contribution is 5.98. The van der Waals surface area contributed by atoms with E-state index in [1.807, 2.05) is 50.8 Å². The number of carbonyl (C=O) groups is 1. The molecule has 1 aromatic carbocycles. The van der Waals surface area contributed by atoms with E-state index in [9.17, 15) is 4.79 Å². The molecule has 0 saturated heterocycles. The van der Waals surface area contributed by atoms with E-state index in [-0.39, 0.29) is 18.0 Å². The molecular formula is C18H26N2O2. The van der Waals surface area contributed by atoms with Gasteiger partial charge in [0.2, 0.25) is 5.90 Å². The average molecular weight is 302 g/mol. The molecule has 1 heterocycles. The Hall–Kier alpha value is -1.84. The normalized spacial score (nSPS) is 26.6. The molecule has 0 bridgehead atoms. The monoisotopic (exact) mass is 302 g/mol. The molecule has 0 aliphatic carbocycles. The summed E-state index contributed by atoms with van der Waals surface area (Å²) in [4.78, 5) is 19.5. The Kier molecular flexibility index (Phi) is 4.89. The summed E-state index contributed by atoms with van der Waals surface area (Å²) in [6.07, 6.45) is 0.660. The van der Waals surface area contributed by atoms with Crippen LogP contribution in [0.25, 0.3) is 0 Å². The van der Waals surface area contributed by atoms with Crippen LogP contribution >= 0.6 is 0 Å². The van der Waals surface area contributed by atoms with Gasteiger partial charge >= 0.3 is 0 Å². The first-order chi connectivity index (χ1) is 10.4. The summed E-state index contributed by atoms with van der Waals surface area (Å²) in [5.41, 5.74) is 0.388. The number of nitrogens with zero attached hydrogens (tertiary/aromatic N) is 2. The zero-order chi connectivity index (χ0) is 16.3. The first-order valence-corrected chi connectivity index (χ1v) is 8.04. The van der Waals surface area contributed by atoms with Gasteiger partial charge < -0.3 is 9.64 Å². The van der Waals surface area contributed by atoms with Crippen molar-refractivity contribution in [3.05, 3.63) is 35.9 Å². The lowest BCUT2D eigenvalue weighted by Crippen LogP contribution is -2.57. The molecule has 0 unspecified atom stereocenters. The van der Waals surface area contributed by atoms with Gasteiger partial charge in [-0.1, -0.05) is 37.3 Å². The number of ether oxygens (including phenoxy) is 1. The van der Waals surface area contributed by atoms with Crippen molar-refractivity contribution in [1.29, 1.82) is 0 Å². The molecule has 120 valence electrons. The SMILES string of the molecule is CCOC1=N[C@@](C)(CC)C(=O)N([C@H](C)c2ccccc2)[C@@H]1C. The van der Waals surface area contributed by atoms with Crippen LogP contribution in [0.4, 0.5) is 0 Å².